The van der Waals surface area contributed by atoms with E-state index in [9.17, 15) is 9.59 Å². The molecule has 0 bridgehead atoms. The third kappa shape index (κ3) is 4.08. The number of amides is 1. The van der Waals surface area contributed by atoms with Gasteiger partial charge in [-0.2, -0.15) is 0 Å². The first-order valence-electron chi connectivity index (χ1n) is 8.59. The summed E-state index contributed by atoms with van der Waals surface area (Å²) >= 11 is 0. The zero-order chi connectivity index (χ0) is 19.4. The Kier molecular flexibility index (Phi) is 5.41. The molecule has 27 heavy (non-hydrogen) atoms. The number of fused-ring (bicyclic) bond motifs is 1. The molecule has 0 heterocycles. The number of aryl methyl sites for hydroxylation is 2. The van der Waals surface area contributed by atoms with E-state index in [2.05, 4.69) is 5.32 Å². The Morgan fingerprint density at radius 1 is 0.963 bits per heavy atom. The molecule has 3 aromatic rings. The zero-order valence-corrected chi connectivity index (χ0v) is 15.5. The fraction of sp³-hybridized carbons (Fsp3) is 0.182. The quantitative estimate of drug-likeness (QED) is 0.688. The van der Waals surface area contributed by atoms with Crippen molar-refractivity contribution >= 4 is 28.3 Å². The Hall–Kier alpha value is -3.34. The molecule has 0 aliphatic carbocycles. The van der Waals surface area contributed by atoms with Crippen LogP contribution in [0.1, 0.15) is 21.5 Å². The van der Waals surface area contributed by atoms with Crippen molar-refractivity contribution in [2.24, 2.45) is 0 Å². The van der Waals surface area contributed by atoms with Gasteiger partial charge in [0.25, 0.3) is 5.91 Å². The van der Waals surface area contributed by atoms with Crippen LogP contribution in [0, 0.1) is 13.8 Å². The number of carbonyl (C=O) groups is 2. The summed E-state index contributed by atoms with van der Waals surface area (Å²) in [6.45, 7) is 3.50. The molecular weight excluding hydrogens is 342 g/mol. The van der Waals surface area contributed by atoms with Gasteiger partial charge in [0.2, 0.25) is 0 Å². The van der Waals surface area contributed by atoms with E-state index in [0.717, 1.165) is 21.9 Å². The molecule has 1 N–H and O–H groups in total. The Bertz CT molecular complexity index is 1010. The number of rotatable bonds is 5. The van der Waals surface area contributed by atoms with Gasteiger partial charge in [-0.1, -0.05) is 36.4 Å². The number of nitrogens with one attached hydrogen (secondary N) is 1. The first kappa shape index (κ1) is 18.5. The highest BCUT2D eigenvalue weighted by Crippen LogP contribution is 2.28. The lowest BCUT2D eigenvalue weighted by Gasteiger charge is -2.11. The number of benzene rings is 3. The summed E-state index contributed by atoms with van der Waals surface area (Å²) < 4.78 is 10.6. The van der Waals surface area contributed by atoms with Gasteiger partial charge in [0, 0.05) is 11.1 Å². The van der Waals surface area contributed by atoms with Gasteiger partial charge in [0.05, 0.1) is 12.7 Å². The summed E-state index contributed by atoms with van der Waals surface area (Å²) in [6.07, 6.45) is 0. The SMILES string of the molecule is COc1ccc(C(=O)OCC(=O)Nc2cc(C)ccc2C)c2ccccc12. The zero-order valence-electron chi connectivity index (χ0n) is 15.5. The fourth-order valence-corrected chi connectivity index (χ4v) is 2.89. The minimum atomic E-state index is -0.551. The molecule has 5 heteroatoms. The van der Waals surface area contributed by atoms with E-state index in [1.165, 1.54) is 0 Å². The number of hydrogen-bond acceptors (Lipinski definition) is 4. The maximum absolute atomic E-state index is 12.5. The van der Waals surface area contributed by atoms with E-state index in [0.29, 0.717) is 17.0 Å². The molecule has 0 unspecified atom stereocenters. The summed E-state index contributed by atoms with van der Waals surface area (Å²) in [5, 5.41) is 4.31. The molecule has 0 aromatic heterocycles. The maximum Gasteiger partial charge on any atom is 0.339 e. The first-order valence-corrected chi connectivity index (χ1v) is 8.59. The van der Waals surface area contributed by atoms with Gasteiger partial charge in [-0.3, -0.25) is 4.79 Å². The molecule has 0 aliphatic heterocycles. The summed E-state index contributed by atoms with van der Waals surface area (Å²) in [5.74, 6) is -0.255. The van der Waals surface area contributed by atoms with Crippen molar-refractivity contribution in [3.8, 4) is 5.75 Å². The molecule has 3 rings (SSSR count). The van der Waals surface area contributed by atoms with Crippen LogP contribution in [-0.4, -0.2) is 25.6 Å². The Balaban J connectivity index is 1.72. The van der Waals surface area contributed by atoms with Crippen molar-refractivity contribution in [1.82, 2.24) is 0 Å². The second-order valence-electron chi connectivity index (χ2n) is 6.30. The molecule has 138 valence electrons. The molecule has 0 spiro atoms. The molecule has 0 fully saturated rings. The molecule has 0 atom stereocenters. The van der Waals surface area contributed by atoms with Gasteiger partial charge in [-0.05, 0) is 48.6 Å². The summed E-state index contributed by atoms with van der Waals surface area (Å²) in [4.78, 5) is 24.7. The van der Waals surface area contributed by atoms with Crippen molar-refractivity contribution in [1.29, 1.82) is 0 Å². The third-order valence-corrected chi connectivity index (χ3v) is 4.33. The highest BCUT2D eigenvalue weighted by molar-refractivity contribution is 6.07. The summed E-state index contributed by atoms with van der Waals surface area (Å²) in [6, 6.07) is 16.6. The van der Waals surface area contributed by atoms with E-state index in [4.69, 9.17) is 9.47 Å². The van der Waals surface area contributed by atoms with E-state index < -0.39 is 5.97 Å². The Morgan fingerprint density at radius 2 is 1.70 bits per heavy atom. The molecule has 3 aromatic carbocycles. The lowest BCUT2D eigenvalue weighted by atomic mass is 10.0. The second kappa shape index (κ2) is 7.91. The topological polar surface area (TPSA) is 64.6 Å². The monoisotopic (exact) mass is 363 g/mol. The van der Waals surface area contributed by atoms with Gasteiger partial charge in [0.15, 0.2) is 6.61 Å². The number of esters is 1. The minimum absolute atomic E-state index is 0.355. The van der Waals surface area contributed by atoms with Crippen LogP contribution >= 0.6 is 0 Å². The van der Waals surface area contributed by atoms with Crippen molar-refractivity contribution < 1.29 is 19.1 Å². The van der Waals surface area contributed by atoms with Crippen LogP contribution in [0.15, 0.2) is 54.6 Å². The third-order valence-electron chi connectivity index (χ3n) is 4.33. The number of methoxy groups -OCH3 is 1. The average Bonchev–Trinajstić information content (AvgIpc) is 2.68. The Morgan fingerprint density at radius 3 is 2.44 bits per heavy atom. The van der Waals surface area contributed by atoms with Crippen molar-refractivity contribution in [2.75, 3.05) is 19.0 Å². The van der Waals surface area contributed by atoms with Gasteiger partial charge in [-0.15, -0.1) is 0 Å². The van der Waals surface area contributed by atoms with Crippen LogP contribution in [0.25, 0.3) is 10.8 Å². The molecule has 0 radical (unpaired) electrons. The van der Waals surface area contributed by atoms with E-state index >= 15 is 0 Å². The van der Waals surface area contributed by atoms with Gasteiger partial charge >= 0.3 is 5.97 Å². The van der Waals surface area contributed by atoms with Gasteiger partial charge in [-0.25, -0.2) is 4.79 Å². The average molecular weight is 363 g/mol. The van der Waals surface area contributed by atoms with Crippen molar-refractivity contribution in [2.45, 2.75) is 13.8 Å². The number of carbonyl (C=O) groups excluding carboxylic acids is 2. The Labute approximate surface area is 157 Å². The maximum atomic E-state index is 12.5. The lowest BCUT2D eigenvalue weighted by Crippen LogP contribution is -2.21. The van der Waals surface area contributed by atoms with Crippen LogP contribution in [0.4, 0.5) is 5.69 Å². The second-order valence-corrected chi connectivity index (χ2v) is 6.30. The summed E-state index contributed by atoms with van der Waals surface area (Å²) in [7, 11) is 1.58. The van der Waals surface area contributed by atoms with Crippen LogP contribution in [-0.2, 0) is 9.53 Å². The minimum Gasteiger partial charge on any atom is -0.496 e. The van der Waals surface area contributed by atoms with Crippen molar-refractivity contribution in [3.63, 3.8) is 0 Å². The highest BCUT2D eigenvalue weighted by Gasteiger charge is 2.15. The van der Waals surface area contributed by atoms with Crippen molar-refractivity contribution in [3.05, 3.63) is 71.3 Å². The van der Waals surface area contributed by atoms with E-state index in [-0.39, 0.29) is 12.5 Å². The highest BCUT2D eigenvalue weighted by atomic mass is 16.5. The number of ether oxygens (including phenoxy) is 2. The molecule has 0 saturated heterocycles. The predicted octanol–water partition coefficient (Wildman–Crippen LogP) is 4.26. The predicted molar refractivity (Wildman–Crippen MR) is 105 cm³/mol. The molecule has 5 nitrogen and oxygen atoms in total. The van der Waals surface area contributed by atoms with Crippen LogP contribution in [0.5, 0.6) is 5.75 Å². The first-order chi connectivity index (χ1) is 13.0. The van der Waals surface area contributed by atoms with E-state index in [1.54, 1.807) is 19.2 Å². The fourth-order valence-electron chi connectivity index (χ4n) is 2.89. The molecule has 0 aliphatic rings. The van der Waals surface area contributed by atoms with Crippen LogP contribution < -0.4 is 10.1 Å². The largest absolute Gasteiger partial charge is 0.496 e. The standard InChI is InChI=1S/C22H21NO4/c1-14-8-9-15(2)19(12-14)23-21(24)13-27-22(25)18-10-11-20(26-3)17-7-5-4-6-16(17)18/h4-12H,13H2,1-3H3,(H,23,24). The summed E-state index contributed by atoms with van der Waals surface area (Å²) in [5.41, 5.74) is 3.09. The number of hydrogen-bond donors (Lipinski definition) is 1. The molecule has 1 amide bonds. The molecule has 0 saturated carbocycles. The normalized spacial score (nSPS) is 10.5. The van der Waals surface area contributed by atoms with Gasteiger partial charge in [0.1, 0.15) is 5.75 Å². The van der Waals surface area contributed by atoms with Crippen LogP contribution in [0.2, 0.25) is 0 Å². The van der Waals surface area contributed by atoms with Gasteiger partial charge < -0.3 is 14.8 Å². The smallest absolute Gasteiger partial charge is 0.339 e. The number of anilines is 1. The lowest BCUT2D eigenvalue weighted by molar-refractivity contribution is -0.119. The van der Waals surface area contributed by atoms with Crippen LogP contribution in [0.3, 0.4) is 0 Å². The van der Waals surface area contributed by atoms with E-state index in [1.807, 2.05) is 56.3 Å². The molecular formula is C22H21NO4.